The number of likely N-dealkylation sites (tertiary alicyclic amines) is 1. The van der Waals surface area contributed by atoms with Gasteiger partial charge < -0.3 is 20.1 Å². The number of ether oxygens (including phenoxy) is 1. The largest absolute Gasteiger partial charge is 0.481 e. The molecular formula is C27H32N2O5. The second-order valence-electron chi connectivity index (χ2n) is 10.1. The van der Waals surface area contributed by atoms with Crippen molar-refractivity contribution in [1.29, 1.82) is 0 Å². The number of nitrogens with one attached hydrogen (secondary N) is 1. The van der Waals surface area contributed by atoms with Gasteiger partial charge in [0.2, 0.25) is 5.91 Å². The fraction of sp³-hybridized carbons (Fsp3) is 0.444. The van der Waals surface area contributed by atoms with Crippen LogP contribution in [-0.4, -0.2) is 54.2 Å². The Labute approximate surface area is 200 Å². The number of rotatable bonds is 7. The molecule has 180 valence electrons. The number of carboxylic acid groups (broad SMARTS) is 1. The lowest BCUT2D eigenvalue weighted by Crippen LogP contribution is -2.46. The van der Waals surface area contributed by atoms with Crippen molar-refractivity contribution in [3.05, 3.63) is 59.7 Å². The molecule has 7 heteroatoms. The van der Waals surface area contributed by atoms with Crippen molar-refractivity contribution in [2.24, 2.45) is 17.3 Å². The molecule has 7 nitrogen and oxygen atoms in total. The lowest BCUT2D eigenvalue weighted by molar-refractivity contribution is -0.140. The second kappa shape index (κ2) is 9.49. The minimum absolute atomic E-state index is 0.0231. The van der Waals surface area contributed by atoms with Crippen LogP contribution in [0, 0.1) is 17.3 Å². The van der Waals surface area contributed by atoms with Gasteiger partial charge in [0.15, 0.2) is 0 Å². The minimum atomic E-state index is -0.845. The van der Waals surface area contributed by atoms with E-state index in [1.807, 2.05) is 31.2 Å². The molecule has 2 amide bonds. The molecule has 0 saturated carbocycles. The van der Waals surface area contributed by atoms with Gasteiger partial charge in [-0.25, -0.2) is 4.79 Å². The van der Waals surface area contributed by atoms with Crippen LogP contribution in [0.5, 0.6) is 0 Å². The fourth-order valence-electron chi connectivity index (χ4n) is 5.14. The van der Waals surface area contributed by atoms with Crippen molar-refractivity contribution in [2.45, 2.75) is 33.1 Å². The third kappa shape index (κ3) is 4.79. The summed E-state index contributed by atoms with van der Waals surface area (Å²) < 4.78 is 5.58. The van der Waals surface area contributed by atoms with E-state index in [2.05, 4.69) is 29.6 Å². The van der Waals surface area contributed by atoms with E-state index in [4.69, 9.17) is 9.84 Å². The zero-order valence-electron chi connectivity index (χ0n) is 19.9. The Kier molecular flexibility index (Phi) is 6.64. The molecule has 0 unspecified atom stereocenters. The smallest absolute Gasteiger partial charge is 0.407 e. The highest BCUT2D eigenvalue weighted by atomic mass is 16.5. The zero-order chi connectivity index (χ0) is 24.5. The Bertz CT molecular complexity index is 1050. The molecule has 1 heterocycles. The summed E-state index contributed by atoms with van der Waals surface area (Å²) in [5.41, 5.74) is 3.79. The summed E-state index contributed by atoms with van der Waals surface area (Å²) in [5.74, 6) is -0.878. The normalized spacial score (nSPS) is 19.4. The van der Waals surface area contributed by atoms with E-state index in [0.717, 1.165) is 11.1 Å². The Hall–Kier alpha value is -3.35. The van der Waals surface area contributed by atoms with Crippen molar-refractivity contribution >= 4 is 18.0 Å². The second-order valence-corrected chi connectivity index (χ2v) is 10.1. The summed E-state index contributed by atoms with van der Waals surface area (Å²) in [6.45, 7) is 6.86. The zero-order valence-corrected chi connectivity index (χ0v) is 19.9. The van der Waals surface area contributed by atoms with Crippen LogP contribution in [0.4, 0.5) is 4.79 Å². The number of hydrogen-bond donors (Lipinski definition) is 2. The number of fused-ring (bicyclic) bond motifs is 3. The molecule has 1 aliphatic carbocycles. The van der Waals surface area contributed by atoms with E-state index in [1.165, 1.54) is 11.1 Å². The molecule has 0 spiro atoms. The third-order valence-corrected chi connectivity index (χ3v) is 7.09. The van der Waals surface area contributed by atoms with E-state index in [9.17, 15) is 14.4 Å². The van der Waals surface area contributed by atoms with Gasteiger partial charge in [-0.3, -0.25) is 9.59 Å². The van der Waals surface area contributed by atoms with Crippen LogP contribution >= 0.6 is 0 Å². The van der Waals surface area contributed by atoms with E-state index in [1.54, 1.807) is 18.7 Å². The van der Waals surface area contributed by atoms with Crippen molar-refractivity contribution in [3.63, 3.8) is 0 Å². The molecule has 0 bridgehead atoms. The maximum absolute atomic E-state index is 13.1. The number of carboxylic acids is 1. The van der Waals surface area contributed by atoms with E-state index in [0.29, 0.717) is 13.1 Å². The quantitative estimate of drug-likeness (QED) is 0.643. The molecule has 1 saturated heterocycles. The van der Waals surface area contributed by atoms with E-state index >= 15 is 0 Å². The maximum Gasteiger partial charge on any atom is 0.407 e. The van der Waals surface area contributed by atoms with Crippen LogP contribution in [0.2, 0.25) is 0 Å². The summed E-state index contributed by atoms with van der Waals surface area (Å²) in [7, 11) is 0. The number of carbonyl (C=O) groups excluding carboxylic acids is 2. The van der Waals surface area contributed by atoms with E-state index < -0.39 is 17.5 Å². The van der Waals surface area contributed by atoms with Crippen LogP contribution in [0.15, 0.2) is 48.5 Å². The topological polar surface area (TPSA) is 95.9 Å². The predicted molar refractivity (Wildman–Crippen MR) is 128 cm³/mol. The average Bonchev–Trinajstić information content (AvgIpc) is 3.33. The summed E-state index contributed by atoms with van der Waals surface area (Å²) in [5, 5.41) is 11.8. The Morgan fingerprint density at radius 1 is 1.03 bits per heavy atom. The minimum Gasteiger partial charge on any atom is -0.481 e. The molecule has 2 N–H and O–H groups in total. The molecule has 1 aliphatic heterocycles. The average molecular weight is 465 g/mol. The molecule has 4 rings (SSSR count). The Morgan fingerprint density at radius 2 is 1.62 bits per heavy atom. The monoisotopic (exact) mass is 464 g/mol. The number of hydrogen-bond acceptors (Lipinski definition) is 4. The molecule has 1 fully saturated rings. The third-order valence-electron chi connectivity index (χ3n) is 7.09. The van der Waals surface area contributed by atoms with Crippen LogP contribution in [-0.2, 0) is 14.3 Å². The van der Waals surface area contributed by atoms with Gasteiger partial charge in [0, 0.05) is 25.6 Å². The molecule has 2 aromatic carbocycles. The first-order valence-electron chi connectivity index (χ1n) is 11.8. The molecule has 34 heavy (non-hydrogen) atoms. The lowest BCUT2D eigenvalue weighted by Gasteiger charge is -2.29. The van der Waals surface area contributed by atoms with Crippen LogP contribution in [0.1, 0.15) is 44.2 Å². The number of nitrogens with zero attached hydrogens (tertiary/aromatic N) is 1. The predicted octanol–water partition coefficient (Wildman–Crippen LogP) is 4.12. The van der Waals surface area contributed by atoms with E-state index in [-0.39, 0.29) is 43.2 Å². The Balaban J connectivity index is 1.32. The van der Waals surface area contributed by atoms with Crippen LogP contribution in [0.25, 0.3) is 11.1 Å². The summed E-state index contributed by atoms with van der Waals surface area (Å²) >= 11 is 0. The number of carbonyl (C=O) groups is 3. The number of alkyl carbamates (subject to hydrolysis) is 1. The van der Waals surface area contributed by atoms with Crippen molar-refractivity contribution in [1.82, 2.24) is 10.2 Å². The lowest BCUT2D eigenvalue weighted by atomic mass is 9.91. The highest BCUT2D eigenvalue weighted by Gasteiger charge is 2.39. The number of amides is 2. The first kappa shape index (κ1) is 23.8. The van der Waals surface area contributed by atoms with Crippen LogP contribution < -0.4 is 5.32 Å². The standard InChI is InChI=1S/C27H32N2O5/c1-17-13-29(14-18(17)12-24(30)31)25(32)27(2,3)16-28-26(33)34-15-23-21-10-6-4-8-19(21)20-9-5-7-11-22(20)23/h4-11,17-18,23H,12-16H2,1-3H3,(H,28,33)(H,30,31)/t17-,18-/m1/s1. The van der Waals surface area contributed by atoms with Crippen LogP contribution in [0.3, 0.4) is 0 Å². The first-order chi connectivity index (χ1) is 16.2. The summed E-state index contributed by atoms with van der Waals surface area (Å²) in [6, 6.07) is 16.3. The SMILES string of the molecule is C[C@@H]1CN(C(=O)C(C)(C)CNC(=O)OCC2c3ccccc3-c3ccccc32)C[C@H]1CC(=O)O. The van der Waals surface area contributed by atoms with Crippen molar-refractivity contribution < 1.29 is 24.2 Å². The molecule has 0 aromatic heterocycles. The van der Waals surface area contributed by atoms with Crippen molar-refractivity contribution in [3.8, 4) is 11.1 Å². The molecule has 2 aliphatic rings. The van der Waals surface area contributed by atoms with Gasteiger partial charge >= 0.3 is 12.1 Å². The van der Waals surface area contributed by atoms with Gasteiger partial charge in [0.25, 0.3) is 0 Å². The van der Waals surface area contributed by atoms with Gasteiger partial charge in [-0.1, -0.05) is 55.5 Å². The van der Waals surface area contributed by atoms with Gasteiger partial charge in [-0.15, -0.1) is 0 Å². The highest BCUT2D eigenvalue weighted by molar-refractivity contribution is 5.83. The Morgan fingerprint density at radius 3 is 2.21 bits per heavy atom. The summed E-state index contributed by atoms with van der Waals surface area (Å²) in [4.78, 5) is 38.4. The summed E-state index contributed by atoms with van der Waals surface area (Å²) in [6.07, 6.45) is -0.495. The molecule has 2 atom stereocenters. The van der Waals surface area contributed by atoms with Gasteiger partial charge in [0.1, 0.15) is 6.61 Å². The molecular weight excluding hydrogens is 432 g/mol. The highest BCUT2D eigenvalue weighted by Crippen LogP contribution is 2.44. The van der Waals surface area contributed by atoms with Gasteiger partial charge in [0.05, 0.1) is 11.8 Å². The number of aliphatic carboxylic acids is 1. The molecule has 2 aromatic rings. The van der Waals surface area contributed by atoms with Crippen molar-refractivity contribution in [2.75, 3.05) is 26.2 Å². The number of benzene rings is 2. The molecule has 0 radical (unpaired) electrons. The maximum atomic E-state index is 13.1. The van der Waals surface area contributed by atoms with Gasteiger partial charge in [-0.05, 0) is 47.9 Å². The van der Waals surface area contributed by atoms with Gasteiger partial charge in [-0.2, -0.15) is 0 Å². The first-order valence-corrected chi connectivity index (χ1v) is 11.8. The fourth-order valence-corrected chi connectivity index (χ4v) is 5.14.